The van der Waals surface area contributed by atoms with E-state index in [9.17, 15) is 0 Å². The van der Waals surface area contributed by atoms with Crippen LogP contribution in [0.25, 0.3) is 10.8 Å². The van der Waals surface area contributed by atoms with Crippen LogP contribution < -0.4 is 4.74 Å². The molecule has 4 nitrogen and oxygen atoms in total. The Balaban J connectivity index is 1.43. The number of halogens is 1. The second kappa shape index (κ2) is 8.03. The molecule has 0 N–H and O–H groups in total. The van der Waals surface area contributed by atoms with Gasteiger partial charge in [-0.3, -0.25) is 0 Å². The number of aromatic nitrogens is 3. The third-order valence-electron chi connectivity index (χ3n) is 4.34. The maximum absolute atomic E-state index is 5.89. The SMILES string of the molecule is Cn1c(COc2ccc(Cl)cc2)nnc1SCc1cccc2ccccc12. The summed E-state index contributed by atoms with van der Waals surface area (Å²) in [4.78, 5) is 0. The summed E-state index contributed by atoms with van der Waals surface area (Å²) in [5.41, 5.74) is 1.29. The molecule has 0 aliphatic heterocycles. The minimum atomic E-state index is 0.361. The predicted molar refractivity (Wildman–Crippen MR) is 110 cm³/mol. The molecule has 0 bridgehead atoms. The van der Waals surface area contributed by atoms with Crippen molar-refractivity contribution in [1.82, 2.24) is 14.8 Å². The average molecular weight is 396 g/mol. The molecule has 0 radical (unpaired) electrons. The monoisotopic (exact) mass is 395 g/mol. The Kier molecular flexibility index (Phi) is 5.32. The lowest BCUT2D eigenvalue weighted by molar-refractivity contribution is 0.290. The molecule has 6 heteroatoms. The molecule has 3 aromatic carbocycles. The number of thioether (sulfide) groups is 1. The van der Waals surface area contributed by atoms with Crippen molar-refractivity contribution in [1.29, 1.82) is 0 Å². The van der Waals surface area contributed by atoms with Gasteiger partial charge in [0.1, 0.15) is 12.4 Å². The lowest BCUT2D eigenvalue weighted by Crippen LogP contribution is -2.04. The van der Waals surface area contributed by atoms with Crippen molar-refractivity contribution in [2.45, 2.75) is 17.5 Å². The summed E-state index contributed by atoms with van der Waals surface area (Å²) < 4.78 is 7.75. The van der Waals surface area contributed by atoms with Gasteiger partial charge in [0.2, 0.25) is 0 Å². The number of fused-ring (bicyclic) bond motifs is 1. The highest BCUT2D eigenvalue weighted by Gasteiger charge is 2.11. The van der Waals surface area contributed by atoms with E-state index in [1.54, 1.807) is 23.9 Å². The van der Waals surface area contributed by atoms with Crippen molar-refractivity contribution in [3.8, 4) is 5.75 Å². The van der Waals surface area contributed by atoms with E-state index in [1.807, 2.05) is 23.7 Å². The Hall–Kier alpha value is -2.50. The number of nitrogens with zero attached hydrogens (tertiary/aromatic N) is 3. The van der Waals surface area contributed by atoms with Gasteiger partial charge in [-0.15, -0.1) is 10.2 Å². The molecule has 1 aromatic heterocycles. The van der Waals surface area contributed by atoms with Crippen LogP contribution in [0.4, 0.5) is 0 Å². The molecule has 0 aliphatic rings. The van der Waals surface area contributed by atoms with Gasteiger partial charge in [-0.25, -0.2) is 0 Å². The largest absolute Gasteiger partial charge is 0.486 e. The molecule has 1 heterocycles. The van der Waals surface area contributed by atoms with Gasteiger partial charge in [0, 0.05) is 17.8 Å². The Morgan fingerprint density at radius 2 is 1.74 bits per heavy atom. The molecule has 0 atom stereocenters. The van der Waals surface area contributed by atoms with Gasteiger partial charge in [-0.1, -0.05) is 65.8 Å². The van der Waals surface area contributed by atoms with Gasteiger partial charge in [-0.2, -0.15) is 0 Å². The van der Waals surface area contributed by atoms with Gasteiger partial charge in [0.25, 0.3) is 0 Å². The lowest BCUT2D eigenvalue weighted by atomic mass is 10.1. The summed E-state index contributed by atoms with van der Waals surface area (Å²) in [5.74, 6) is 2.38. The van der Waals surface area contributed by atoms with Crippen LogP contribution in [0.15, 0.2) is 71.9 Å². The lowest BCUT2D eigenvalue weighted by Gasteiger charge is -2.08. The van der Waals surface area contributed by atoms with Gasteiger partial charge in [0.05, 0.1) is 0 Å². The third-order valence-corrected chi connectivity index (χ3v) is 5.66. The third kappa shape index (κ3) is 4.10. The summed E-state index contributed by atoms with van der Waals surface area (Å²) in [6, 6.07) is 22.1. The van der Waals surface area contributed by atoms with Crippen LogP contribution in [-0.4, -0.2) is 14.8 Å². The highest BCUT2D eigenvalue weighted by Crippen LogP contribution is 2.26. The van der Waals surface area contributed by atoms with Gasteiger partial charge in [-0.05, 0) is 40.6 Å². The minimum Gasteiger partial charge on any atom is -0.486 e. The fourth-order valence-corrected chi connectivity index (χ4v) is 3.90. The molecule has 4 aromatic rings. The summed E-state index contributed by atoms with van der Waals surface area (Å²) in [6.45, 7) is 0.361. The number of rotatable bonds is 6. The smallest absolute Gasteiger partial charge is 0.191 e. The molecule has 0 unspecified atom stereocenters. The zero-order chi connectivity index (χ0) is 18.6. The molecule has 0 saturated heterocycles. The molecule has 0 amide bonds. The predicted octanol–water partition coefficient (Wildman–Crippen LogP) is 5.49. The first-order valence-corrected chi connectivity index (χ1v) is 9.93. The summed E-state index contributed by atoms with van der Waals surface area (Å²) in [7, 11) is 1.96. The van der Waals surface area contributed by atoms with Crippen molar-refractivity contribution in [3.63, 3.8) is 0 Å². The van der Waals surface area contributed by atoms with Gasteiger partial charge in [0.15, 0.2) is 11.0 Å². The molecule has 4 rings (SSSR count). The van der Waals surface area contributed by atoms with E-state index in [1.165, 1.54) is 16.3 Å². The molecular weight excluding hydrogens is 378 g/mol. The zero-order valence-electron chi connectivity index (χ0n) is 14.8. The Morgan fingerprint density at radius 1 is 0.963 bits per heavy atom. The van der Waals surface area contributed by atoms with Crippen LogP contribution in [0.2, 0.25) is 5.02 Å². The summed E-state index contributed by atoms with van der Waals surface area (Å²) >= 11 is 7.57. The van der Waals surface area contributed by atoms with Crippen LogP contribution in [0.5, 0.6) is 5.75 Å². The van der Waals surface area contributed by atoms with Crippen molar-refractivity contribution >= 4 is 34.1 Å². The van der Waals surface area contributed by atoms with E-state index in [0.717, 1.165) is 22.5 Å². The molecular formula is C21H18ClN3OS. The van der Waals surface area contributed by atoms with Crippen molar-refractivity contribution in [3.05, 3.63) is 83.1 Å². The second-order valence-electron chi connectivity index (χ2n) is 6.13. The fourth-order valence-electron chi connectivity index (χ4n) is 2.84. The van der Waals surface area contributed by atoms with E-state index in [0.29, 0.717) is 11.6 Å². The van der Waals surface area contributed by atoms with E-state index in [2.05, 4.69) is 52.7 Å². The molecule has 0 spiro atoms. The van der Waals surface area contributed by atoms with Crippen molar-refractivity contribution < 1.29 is 4.74 Å². The Labute approximate surface area is 167 Å². The van der Waals surface area contributed by atoms with Gasteiger partial charge >= 0.3 is 0 Å². The number of hydrogen-bond donors (Lipinski definition) is 0. The number of hydrogen-bond acceptors (Lipinski definition) is 4. The maximum atomic E-state index is 5.89. The first-order valence-electron chi connectivity index (χ1n) is 8.57. The van der Waals surface area contributed by atoms with E-state index in [-0.39, 0.29) is 0 Å². The fraction of sp³-hybridized carbons (Fsp3) is 0.143. The first-order chi connectivity index (χ1) is 13.2. The standard InChI is InChI=1S/C21H18ClN3OS/c1-25-20(13-26-18-11-9-17(22)10-12-18)23-24-21(25)27-14-16-7-4-6-15-5-2-3-8-19(15)16/h2-12H,13-14H2,1H3. The van der Waals surface area contributed by atoms with Crippen LogP contribution >= 0.6 is 23.4 Å². The molecule has 27 heavy (non-hydrogen) atoms. The van der Waals surface area contributed by atoms with Crippen LogP contribution in [0, 0.1) is 0 Å². The molecule has 0 fully saturated rings. The number of benzene rings is 3. The first kappa shape index (κ1) is 17.9. The molecule has 0 saturated carbocycles. The van der Waals surface area contributed by atoms with Crippen LogP contribution in [0.3, 0.4) is 0 Å². The zero-order valence-corrected chi connectivity index (χ0v) is 16.4. The average Bonchev–Trinajstić information content (AvgIpc) is 3.05. The van der Waals surface area contributed by atoms with E-state index < -0.39 is 0 Å². The van der Waals surface area contributed by atoms with Gasteiger partial charge < -0.3 is 9.30 Å². The Morgan fingerprint density at radius 3 is 2.59 bits per heavy atom. The molecule has 136 valence electrons. The highest BCUT2D eigenvalue weighted by atomic mass is 35.5. The van der Waals surface area contributed by atoms with E-state index in [4.69, 9.17) is 16.3 Å². The second-order valence-corrected chi connectivity index (χ2v) is 7.51. The van der Waals surface area contributed by atoms with Crippen LogP contribution in [0.1, 0.15) is 11.4 Å². The normalized spacial score (nSPS) is 11.0. The topological polar surface area (TPSA) is 39.9 Å². The quantitative estimate of drug-likeness (QED) is 0.404. The Bertz CT molecular complexity index is 1060. The van der Waals surface area contributed by atoms with Crippen LogP contribution in [-0.2, 0) is 19.4 Å². The highest BCUT2D eigenvalue weighted by molar-refractivity contribution is 7.98. The van der Waals surface area contributed by atoms with Crippen molar-refractivity contribution in [2.75, 3.05) is 0 Å². The molecule has 0 aliphatic carbocycles. The summed E-state index contributed by atoms with van der Waals surface area (Å²) in [6.07, 6.45) is 0. The van der Waals surface area contributed by atoms with Crippen molar-refractivity contribution in [2.24, 2.45) is 7.05 Å². The summed E-state index contributed by atoms with van der Waals surface area (Å²) in [5, 5.41) is 12.7. The maximum Gasteiger partial charge on any atom is 0.191 e. The number of ether oxygens (including phenoxy) is 1. The minimum absolute atomic E-state index is 0.361. The van der Waals surface area contributed by atoms with E-state index >= 15 is 0 Å².